The number of carbonyl (C=O) groups excluding carboxylic acids is 2. The smallest absolute Gasteiger partial charge is 0.268 e. The van der Waals surface area contributed by atoms with Gasteiger partial charge in [0.1, 0.15) is 11.6 Å². The molecule has 0 atom stereocenters. The van der Waals surface area contributed by atoms with Gasteiger partial charge in [0, 0.05) is 0 Å². The third-order valence-corrected chi connectivity index (χ3v) is 3.32. The lowest BCUT2D eigenvalue weighted by molar-refractivity contribution is 0.0925. The molecule has 0 spiro atoms. The van der Waals surface area contributed by atoms with Crippen LogP contribution in [0.2, 0.25) is 5.02 Å². The molecule has 6 heteroatoms. The van der Waals surface area contributed by atoms with Crippen LogP contribution in [0.1, 0.15) is 20.7 Å². The topological polar surface area (TPSA) is 37.4 Å². The molecular formula is C14H6ClF2NO2. The number of anilines is 1. The zero-order chi connectivity index (χ0) is 14.4. The van der Waals surface area contributed by atoms with Gasteiger partial charge in [0.15, 0.2) is 0 Å². The number of carbonyl (C=O) groups is 2. The Balaban J connectivity index is 2.14. The lowest BCUT2D eigenvalue weighted by Gasteiger charge is -2.14. The summed E-state index contributed by atoms with van der Waals surface area (Å²) in [7, 11) is 0. The first-order valence-corrected chi connectivity index (χ1v) is 6.01. The van der Waals surface area contributed by atoms with Gasteiger partial charge in [-0.1, -0.05) is 17.7 Å². The average Bonchev–Trinajstić information content (AvgIpc) is 2.67. The van der Waals surface area contributed by atoms with Crippen molar-refractivity contribution in [1.29, 1.82) is 0 Å². The molecule has 0 aliphatic carbocycles. The highest BCUT2D eigenvalue weighted by Gasteiger charge is 2.38. The number of imide groups is 1. The predicted molar refractivity (Wildman–Crippen MR) is 69.0 cm³/mol. The molecule has 0 radical (unpaired) electrons. The highest BCUT2D eigenvalue weighted by molar-refractivity contribution is 6.35. The molecule has 0 unspecified atom stereocenters. The molecule has 2 aromatic rings. The van der Waals surface area contributed by atoms with Crippen LogP contribution in [0.25, 0.3) is 0 Å². The lowest BCUT2D eigenvalue weighted by atomic mass is 10.1. The Morgan fingerprint density at radius 3 is 2.35 bits per heavy atom. The maximum Gasteiger partial charge on any atom is 0.269 e. The van der Waals surface area contributed by atoms with E-state index < -0.39 is 23.4 Å². The van der Waals surface area contributed by atoms with E-state index >= 15 is 0 Å². The molecule has 0 N–H and O–H groups in total. The van der Waals surface area contributed by atoms with Gasteiger partial charge in [-0.05, 0) is 30.3 Å². The third kappa shape index (κ3) is 1.71. The summed E-state index contributed by atoms with van der Waals surface area (Å²) in [6.07, 6.45) is 0. The third-order valence-electron chi connectivity index (χ3n) is 3.03. The molecule has 2 aromatic carbocycles. The van der Waals surface area contributed by atoms with Crippen molar-refractivity contribution in [2.75, 3.05) is 4.90 Å². The minimum Gasteiger partial charge on any atom is -0.268 e. The first-order chi connectivity index (χ1) is 9.50. The quantitative estimate of drug-likeness (QED) is 0.756. The summed E-state index contributed by atoms with van der Waals surface area (Å²) in [6.45, 7) is 0. The zero-order valence-corrected chi connectivity index (χ0v) is 10.6. The van der Waals surface area contributed by atoms with Crippen molar-refractivity contribution >= 4 is 29.1 Å². The zero-order valence-electron chi connectivity index (χ0n) is 9.86. The number of amides is 2. The van der Waals surface area contributed by atoms with Gasteiger partial charge in [0.05, 0.1) is 21.8 Å². The Bertz CT molecular complexity index is 761. The maximum atomic E-state index is 13.7. The van der Waals surface area contributed by atoms with Crippen LogP contribution in [0.5, 0.6) is 0 Å². The van der Waals surface area contributed by atoms with Crippen LogP contribution >= 0.6 is 11.6 Å². The SMILES string of the molecule is O=C1c2cccc(F)c2C(=O)N1c1ccc(F)c(Cl)c1. The van der Waals surface area contributed by atoms with Gasteiger partial charge in [-0.15, -0.1) is 0 Å². The Hall–Kier alpha value is -2.27. The number of hydrogen-bond acceptors (Lipinski definition) is 2. The number of fused-ring (bicyclic) bond motifs is 1. The molecule has 0 fully saturated rings. The van der Waals surface area contributed by atoms with Crippen molar-refractivity contribution in [1.82, 2.24) is 0 Å². The number of halogens is 3. The molecule has 0 saturated heterocycles. The molecule has 3 nitrogen and oxygen atoms in total. The molecular weight excluding hydrogens is 288 g/mol. The maximum absolute atomic E-state index is 13.7. The largest absolute Gasteiger partial charge is 0.269 e. The van der Waals surface area contributed by atoms with E-state index in [1.165, 1.54) is 18.2 Å². The highest BCUT2D eigenvalue weighted by Crippen LogP contribution is 2.31. The van der Waals surface area contributed by atoms with Crippen LogP contribution in [0, 0.1) is 11.6 Å². The molecule has 2 amide bonds. The van der Waals surface area contributed by atoms with Gasteiger partial charge < -0.3 is 0 Å². The van der Waals surface area contributed by atoms with Crippen LogP contribution in [-0.4, -0.2) is 11.8 Å². The second kappa shape index (κ2) is 4.38. The summed E-state index contributed by atoms with van der Waals surface area (Å²) in [5, 5.41) is -0.223. The van der Waals surface area contributed by atoms with E-state index in [1.807, 2.05) is 0 Å². The van der Waals surface area contributed by atoms with Crippen molar-refractivity contribution in [2.45, 2.75) is 0 Å². The monoisotopic (exact) mass is 293 g/mol. The fourth-order valence-corrected chi connectivity index (χ4v) is 2.28. The van der Waals surface area contributed by atoms with E-state index in [2.05, 4.69) is 0 Å². The first kappa shape index (κ1) is 12.7. The highest BCUT2D eigenvalue weighted by atomic mass is 35.5. The van der Waals surface area contributed by atoms with E-state index in [0.717, 1.165) is 23.1 Å². The number of benzene rings is 2. The van der Waals surface area contributed by atoms with Crippen molar-refractivity contribution in [3.05, 3.63) is 64.2 Å². The van der Waals surface area contributed by atoms with Crippen LogP contribution in [0.4, 0.5) is 14.5 Å². The Labute approximate surface area is 117 Å². The average molecular weight is 294 g/mol. The molecule has 1 aliphatic heterocycles. The van der Waals surface area contributed by atoms with Gasteiger partial charge in [-0.2, -0.15) is 0 Å². The van der Waals surface area contributed by atoms with Crippen molar-refractivity contribution in [3.8, 4) is 0 Å². The number of hydrogen-bond donors (Lipinski definition) is 0. The van der Waals surface area contributed by atoms with Gasteiger partial charge in [-0.25, -0.2) is 13.7 Å². The fraction of sp³-hybridized carbons (Fsp3) is 0. The molecule has 20 heavy (non-hydrogen) atoms. The minimum atomic E-state index is -0.786. The van der Waals surface area contributed by atoms with Gasteiger partial charge in [0.2, 0.25) is 0 Å². The Kier molecular flexibility index (Phi) is 2.79. The van der Waals surface area contributed by atoms with Crippen LogP contribution in [-0.2, 0) is 0 Å². The summed E-state index contributed by atoms with van der Waals surface area (Å²) in [6, 6.07) is 7.24. The van der Waals surface area contributed by atoms with Crippen LogP contribution < -0.4 is 4.90 Å². The Morgan fingerprint density at radius 1 is 0.950 bits per heavy atom. The summed E-state index contributed by atoms with van der Waals surface area (Å²) >= 11 is 5.63. The van der Waals surface area contributed by atoms with Crippen molar-refractivity contribution in [2.24, 2.45) is 0 Å². The molecule has 100 valence electrons. The fourth-order valence-electron chi connectivity index (χ4n) is 2.10. The van der Waals surface area contributed by atoms with Gasteiger partial charge >= 0.3 is 0 Å². The van der Waals surface area contributed by atoms with Crippen LogP contribution in [0.3, 0.4) is 0 Å². The van der Waals surface area contributed by atoms with E-state index in [0.29, 0.717) is 0 Å². The van der Waals surface area contributed by atoms with E-state index in [1.54, 1.807) is 0 Å². The minimum absolute atomic E-state index is 0.0181. The van der Waals surface area contributed by atoms with Gasteiger partial charge in [-0.3, -0.25) is 9.59 Å². The molecule has 1 heterocycles. The van der Waals surface area contributed by atoms with E-state index in [-0.39, 0.29) is 21.8 Å². The summed E-state index contributed by atoms with van der Waals surface area (Å²) in [4.78, 5) is 25.1. The molecule has 0 aromatic heterocycles. The molecule has 0 bridgehead atoms. The molecule has 3 rings (SSSR count). The molecule has 1 aliphatic rings. The van der Waals surface area contributed by atoms with E-state index in [4.69, 9.17) is 11.6 Å². The second-order valence-corrected chi connectivity index (χ2v) is 4.61. The standard InChI is InChI=1S/C14H6ClF2NO2/c15-9-6-7(4-5-10(9)16)18-13(19)8-2-1-3-11(17)12(8)14(18)20/h1-6H. The van der Waals surface area contributed by atoms with E-state index in [9.17, 15) is 18.4 Å². The first-order valence-electron chi connectivity index (χ1n) is 5.63. The number of rotatable bonds is 1. The van der Waals surface area contributed by atoms with Gasteiger partial charge in [0.25, 0.3) is 11.8 Å². The summed E-state index contributed by atoms with van der Waals surface area (Å²) < 4.78 is 26.8. The summed E-state index contributed by atoms with van der Waals surface area (Å²) in [5.74, 6) is -2.88. The normalized spacial score (nSPS) is 13.8. The Morgan fingerprint density at radius 2 is 1.70 bits per heavy atom. The predicted octanol–water partition coefficient (Wildman–Crippen LogP) is 3.42. The lowest BCUT2D eigenvalue weighted by Crippen LogP contribution is -2.29. The molecule has 0 saturated carbocycles. The second-order valence-electron chi connectivity index (χ2n) is 4.21. The number of nitrogens with zero attached hydrogens (tertiary/aromatic N) is 1. The van der Waals surface area contributed by atoms with Crippen molar-refractivity contribution in [3.63, 3.8) is 0 Å². The summed E-state index contributed by atoms with van der Waals surface area (Å²) in [5.41, 5.74) is -0.199. The van der Waals surface area contributed by atoms with Crippen LogP contribution in [0.15, 0.2) is 36.4 Å². The van der Waals surface area contributed by atoms with Crippen molar-refractivity contribution < 1.29 is 18.4 Å².